The summed E-state index contributed by atoms with van der Waals surface area (Å²) in [7, 11) is -2.93. The number of ether oxygens (including phenoxy) is 1. The highest BCUT2D eigenvalue weighted by Crippen LogP contribution is 2.32. The third-order valence-corrected chi connectivity index (χ3v) is 7.69. The number of aryl methyl sites for hydroxylation is 1. The van der Waals surface area contributed by atoms with Crippen LogP contribution in [0.15, 0.2) is 24.7 Å². The normalized spacial score (nSPS) is 18.7. The summed E-state index contributed by atoms with van der Waals surface area (Å²) >= 11 is 0. The van der Waals surface area contributed by atoms with Crippen LogP contribution >= 0.6 is 0 Å². The fraction of sp³-hybridized carbons (Fsp3) is 0.450. The van der Waals surface area contributed by atoms with Gasteiger partial charge in [-0.2, -0.15) is 0 Å². The van der Waals surface area contributed by atoms with Crippen LogP contribution in [0.4, 0.5) is 4.39 Å². The van der Waals surface area contributed by atoms with Gasteiger partial charge in [0.1, 0.15) is 33.6 Å². The number of fused-ring (bicyclic) bond motifs is 2. The van der Waals surface area contributed by atoms with Crippen molar-refractivity contribution < 1.29 is 17.5 Å². The molecule has 2 aliphatic rings. The van der Waals surface area contributed by atoms with Gasteiger partial charge in [-0.05, 0) is 42.9 Å². The van der Waals surface area contributed by atoms with E-state index in [2.05, 4.69) is 15.2 Å². The molecule has 5 rings (SSSR count). The minimum atomic E-state index is -2.93. The monoisotopic (exact) mass is 416 g/mol. The Morgan fingerprint density at radius 1 is 1.21 bits per heavy atom. The van der Waals surface area contributed by atoms with Gasteiger partial charge in [-0.15, -0.1) is 10.2 Å². The van der Waals surface area contributed by atoms with Gasteiger partial charge in [0.2, 0.25) is 0 Å². The fourth-order valence-electron chi connectivity index (χ4n) is 4.38. The smallest absolute Gasteiger partial charge is 0.167 e. The number of hydrogen-bond acceptors (Lipinski definition) is 6. The van der Waals surface area contributed by atoms with Crippen molar-refractivity contribution >= 4 is 15.5 Å². The predicted molar refractivity (Wildman–Crippen MR) is 104 cm³/mol. The Morgan fingerprint density at radius 2 is 2.03 bits per heavy atom. The van der Waals surface area contributed by atoms with Crippen LogP contribution in [-0.2, 0) is 29.1 Å². The lowest BCUT2D eigenvalue weighted by molar-refractivity contribution is 0.356. The number of sulfone groups is 1. The molecule has 9 heteroatoms. The summed E-state index contributed by atoms with van der Waals surface area (Å²) in [5.74, 6) is 1.81. The lowest BCUT2D eigenvalue weighted by atomic mass is 9.95. The first-order valence-corrected chi connectivity index (χ1v) is 11.6. The summed E-state index contributed by atoms with van der Waals surface area (Å²) in [5.41, 5.74) is 3.28. The maximum absolute atomic E-state index is 14.4. The molecule has 1 fully saturated rings. The van der Waals surface area contributed by atoms with Crippen molar-refractivity contribution in [3.63, 3.8) is 0 Å². The van der Waals surface area contributed by atoms with E-state index < -0.39 is 9.84 Å². The number of benzene rings is 1. The molecule has 0 radical (unpaired) electrons. The largest absolute Gasteiger partial charge is 0.493 e. The molecule has 1 saturated heterocycles. The van der Waals surface area contributed by atoms with Crippen molar-refractivity contribution in [2.45, 2.75) is 38.0 Å². The van der Waals surface area contributed by atoms with E-state index in [1.807, 2.05) is 4.40 Å². The molecule has 0 N–H and O–H groups in total. The molecule has 1 aromatic carbocycles. The average molecular weight is 416 g/mol. The minimum Gasteiger partial charge on any atom is -0.493 e. The van der Waals surface area contributed by atoms with Crippen molar-refractivity contribution in [2.75, 3.05) is 18.1 Å². The molecule has 3 aromatic rings. The van der Waals surface area contributed by atoms with Crippen LogP contribution in [0.5, 0.6) is 5.75 Å². The second-order valence-electron chi connectivity index (χ2n) is 7.68. The predicted octanol–water partition coefficient (Wildman–Crippen LogP) is 2.28. The third kappa shape index (κ3) is 3.37. The van der Waals surface area contributed by atoms with Crippen LogP contribution in [0.2, 0.25) is 0 Å². The number of halogens is 1. The van der Waals surface area contributed by atoms with Crippen LogP contribution in [0.25, 0.3) is 5.65 Å². The van der Waals surface area contributed by atoms with Gasteiger partial charge in [0.05, 0.1) is 18.1 Å². The van der Waals surface area contributed by atoms with Crippen LogP contribution in [0.1, 0.15) is 41.3 Å². The second-order valence-corrected chi connectivity index (χ2v) is 9.99. The molecule has 0 bridgehead atoms. The lowest BCUT2D eigenvalue weighted by Crippen LogP contribution is -2.23. The van der Waals surface area contributed by atoms with Gasteiger partial charge in [0.15, 0.2) is 5.65 Å². The first-order chi connectivity index (χ1) is 14.0. The van der Waals surface area contributed by atoms with Crippen LogP contribution in [-0.4, -0.2) is 46.1 Å². The van der Waals surface area contributed by atoms with Crippen molar-refractivity contribution in [3.05, 3.63) is 53.0 Å². The molecule has 0 amide bonds. The molecule has 2 aliphatic heterocycles. The van der Waals surface area contributed by atoms with Gasteiger partial charge < -0.3 is 4.74 Å². The van der Waals surface area contributed by atoms with Crippen molar-refractivity contribution in [2.24, 2.45) is 0 Å². The highest BCUT2D eigenvalue weighted by atomic mass is 32.2. The zero-order chi connectivity index (χ0) is 20.0. The number of nitrogens with zero attached hydrogens (tertiary/aromatic N) is 4. The highest BCUT2D eigenvalue weighted by molar-refractivity contribution is 7.91. The first kappa shape index (κ1) is 18.5. The SMILES string of the molecule is O=S1(=O)CCC(c2cnc(CCc3c(F)ccc4c3CCO4)n3cnnc23)CC1. The Morgan fingerprint density at radius 3 is 2.86 bits per heavy atom. The molecule has 0 saturated carbocycles. The average Bonchev–Trinajstić information content (AvgIpc) is 3.37. The zero-order valence-electron chi connectivity index (χ0n) is 15.8. The van der Waals surface area contributed by atoms with E-state index >= 15 is 0 Å². The number of rotatable bonds is 4. The Kier molecular flexibility index (Phi) is 4.49. The van der Waals surface area contributed by atoms with E-state index in [1.165, 1.54) is 6.07 Å². The first-order valence-electron chi connectivity index (χ1n) is 9.83. The van der Waals surface area contributed by atoms with Gasteiger partial charge in [0.25, 0.3) is 0 Å². The molecule has 0 spiro atoms. The fourth-order valence-corrected chi connectivity index (χ4v) is 5.87. The summed E-state index contributed by atoms with van der Waals surface area (Å²) in [4.78, 5) is 4.61. The summed E-state index contributed by atoms with van der Waals surface area (Å²) in [6, 6.07) is 3.15. The molecule has 0 unspecified atom stereocenters. The van der Waals surface area contributed by atoms with E-state index in [1.54, 1.807) is 18.6 Å². The Bertz CT molecular complexity index is 1180. The van der Waals surface area contributed by atoms with Crippen molar-refractivity contribution in [3.8, 4) is 5.75 Å². The molecule has 29 heavy (non-hydrogen) atoms. The minimum absolute atomic E-state index is 0.110. The van der Waals surface area contributed by atoms with Crippen LogP contribution in [0, 0.1) is 5.82 Å². The molecular formula is C20H21FN4O3S. The quantitative estimate of drug-likeness (QED) is 0.649. The Labute approximate surface area is 167 Å². The maximum atomic E-state index is 14.4. The maximum Gasteiger partial charge on any atom is 0.167 e. The van der Waals surface area contributed by atoms with Crippen molar-refractivity contribution in [1.29, 1.82) is 0 Å². The van der Waals surface area contributed by atoms with Crippen LogP contribution < -0.4 is 4.74 Å². The van der Waals surface area contributed by atoms with Crippen molar-refractivity contribution in [1.82, 2.24) is 19.6 Å². The molecule has 4 heterocycles. The van der Waals surface area contributed by atoms with Gasteiger partial charge in [-0.25, -0.2) is 17.8 Å². The third-order valence-electron chi connectivity index (χ3n) is 5.97. The highest BCUT2D eigenvalue weighted by Gasteiger charge is 2.27. The van der Waals surface area contributed by atoms with E-state index in [4.69, 9.17) is 4.74 Å². The number of hydrogen-bond donors (Lipinski definition) is 0. The van der Waals surface area contributed by atoms with E-state index in [0.29, 0.717) is 43.5 Å². The molecule has 2 aromatic heterocycles. The van der Waals surface area contributed by atoms with E-state index in [-0.39, 0.29) is 23.2 Å². The molecule has 0 atom stereocenters. The van der Waals surface area contributed by atoms with Gasteiger partial charge in [-0.3, -0.25) is 4.40 Å². The lowest BCUT2D eigenvalue weighted by Gasteiger charge is -2.22. The van der Waals surface area contributed by atoms with Gasteiger partial charge in [0, 0.05) is 30.2 Å². The Balaban J connectivity index is 1.42. The molecule has 7 nitrogen and oxygen atoms in total. The summed E-state index contributed by atoms with van der Waals surface area (Å²) < 4.78 is 45.3. The summed E-state index contributed by atoms with van der Waals surface area (Å²) in [6.07, 6.45) is 6.34. The topological polar surface area (TPSA) is 86.5 Å². The molecular weight excluding hydrogens is 395 g/mol. The summed E-state index contributed by atoms with van der Waals surface area (Å²) in [5, 5.41) is 8.29. The van der Waals surface area contributed by atoms with E-state index in [9.17, 15) is 12.8 Å². The Hall–Kier alpha value is -2.55. The second kappa shape index (κ2) is 7.05. The number of aromatic nitrogens is 4. The van der Waals surface area contributed by atoms with Gasteiger partial charge >= 0.3 is 0 Å². The molecule has 152 valence electrons. The summed E-state index contributed by atoms with van der Waals surface area (Å²) in [6.45, 7) is 0.589. The van der Waals surface area contributed by atoms with Gasteiger partial charge in [-0.1, -0.05) is 0 Å². The molecule has 0 aliphatic carbocycles. The zero-order valence-corrected chi connectivity index (χ0v) is 16.7. The standard InChI is InChI=1S/C20H21FN4O3S/c21-17-2-3-18-15(5-8-28-18)14(17)1-4-19-22-11-16(20-24-23-12-25(19)20)13-6-9-29(26,27)10-7-13/h2-3,11-13H,1,4-10H2. The van der Waals surface area contributed by atoms with Crippen LogP contribution in [0.3, 0.4) is 0 Å². The van der Waals surface area contributed by atoms with E-state index in [0.717, 1.165) is 29.1 Å².